The van der Waals surface area contributed by atoms with E-state index in [1.807, 2.05) is 18.2 Å². The second kappa shape index (κ2) is 14.0. The van der Waals surface area contributed by atoms with E-state index in [1.165, 1.54) is 17.7 Å². The number of phosphoric ester groups is 1. The second-order valence-electron chi connectivity index (χ2n) is 8.04. The van der Waals surface area contributed by atoms with Gasteiger partial charge in [0, 0.05) is 18.3 Å². The lowest BCUT2D eigenvalue weighted by atomic mass is 10.1. The molecule has 0 unspecified atom stereocenters. The van der Waals surface area contributed by atoms with Crippen molar-refractivity contribution >= 4 is 31.6 Å². The van der Waals surface area contributed by atoms with Crippen LogP contribution in [0.1, 0.15) is 30.4 Å². The molecule has 0 saturated heterocycles. The molecule has 0 aliphatic carbocycles. The van der Waals surface area contributed by atoms with Crippen LogP contribution in [0.4, 0.5) is 4.79 Å². The molecule has 0 atom stereocenters. The van der Waals surface area contributed by atoms with Crippen LogP contribution in [-0.4, -0.2) is 46.7 Å². The Kier molecular flexibility index (Phi) is 10.5. The molecule has 0 radical (unpaired) electrons. The van der Waals surface area contributed by atoms with Gasteiger partial charge in [-0.3, -0.25) is 20.1 Å². The monoisotopic (exact) mass is 523 g/mol. The van der Waals surface area contributed by atoms with Crippen LogP contribution in [0.25, 0.3) is 0 Å². The summed E-state index contributed by atoms with van der Waals surface area (Å²) in [7, 11) is -4.63. The molecule has 37 heavy (non-hydrogen) atoms. The van der Waals surface area contributed by atoms with E-state index in [1.54, 1.807) is 30.5 Å². The summed E-state index contributed by atoms with van der Waals surface area (Å²) in [4.78, 5) is 43.5. The summed E-state index contributed by atoms with van der Waals surface area (Å²) in [6.45, 7) is 4.48. The Bertz CT molecular complexity index is 1230. The van der Waals surface area contributed by atoms with E-state index in [4.69, 9.17) is 9.79 Å². The molecule has 1 aliphatic heterocycles. The number of benzene rings is 2. The van der Waals surface area contributed by atoms with Gasteiger partial charge in [0.1, 0.15) is 11.6 Å². The van der Waals surface area contributed by atoms with Crippen molar-refractivity contribution in [2.75, 3.05) is 13.1 Å². The molecule has 10 nitrogen and oxygen atoms in total. The van der Waals surface area contributed by atoms with Gasteiger partial charge in [-0.15, -0.1) is 6.58 Å². The zero-order valence-electron chi connectivity index (χ0n) is 20.3. The number of aryl methyl sites for hydroxylation is 1. The number of nitrogens with zero attached hydrogens (tertiary/aromatic N) is 3. The predicted molar refractivity (Wildman–Crippen MR) is 145 cm³/mol. The zero-order chi connectivity index (χ0) is 26.5. The van der Waals surface area contributed by atoms with E-state index in [9.17, 15) is 9.36 Å². The molecule has 1 aliphatic rings. The molecule has 1 heterocycles. The number of urea groups is 1. The highest BCUT2D eigenvalue weighted by Gasteiger charge is 2.16. The van der Waals surface area contributed by atoms with Gasteiger partial charge in [0.2, 0.25) is 0 Å². The van der Waals surface area contributed by atoms with Crippen molar-refractivity contribution in [1.82, 2.24) is 10.6 Å². The fourth-order valence-corrected chi connectivity index (χ4v) is 3.76. The first kappa shape index (κ1) is 27.7. The highest BCUT2D eigenvalue weighted by molar-refractivity contribution is 7.46. The Labute approximate surface area is 215 Å². The lowest BCUT2D eigenvalue weighted by Gasteiger charge is -2.12. The minimum Gasteiger partial charge on any atom is -0.404 e. The summed E-state index contributed by atoms with van der Waals surface area (Å²) in [5, 5.41) is 5.61. The summed E-state index contributed by atoms with van der Waals surface area (Å²) >= 11 is 0. The average Bonchev–Trinajstić information content (AvgIpc) is 2.87. The van der Waals surface area contributed by atoms with E-state index >= 15 is 0 Å². The van der Waals surface area contributed by atoms with Crippen molar-refractivity contribution in [1.29, 1.82) is 0 Å². The first-order chi connectivity index (χ1) is 17.8. The van der Waals surface area contributed by atoms with E-state index in [0.29, 0.717) is 35.9 Å². The number of amidine groups is 1. The second-order valence-corrected chi connectivity index (χ2v) is 9.20. The smallest absolute Gasteiger partial charge is 0.404 e. The standard InChI is InChI=1S/C26H30N5O5P/c1-2-3-12-24(31-26(32)28-17-8-7-11-20-9-5-4-6-10-20)30-25-19-27-18-23(29-25)21-13-15-22(16-14-21)36-37(33,34)35/h2,4-6,9-10,12-16,18H,1,3,7-8,11,17,19H2,(H2,28,31,32)(H2,33,34,35)/b24-12+,30-25?. The van der Waals surface area contributed by atoms with E-state index in [-0.39, 0.29) is 18.3 Å². The van der Waals surface area contributed by atoms with E-state index in [2.05, 4.69) is 48.8 Å². The predicted octanol–water partition coefficient (Wildman–Crippen LogP) is 4.17. The van der Waals surface area contributed by atoms with Gasteiger partial charge < -0.3 is 9.84 Å². The third-order valence-electron chi connectivity index (χ3n) is 5.06. The largest absolute Gasteiger partial charge is 0.524 e. The third-order valence-corrected chi connectivity index (χ3v) is 5.51. The highest BCUT2D eigenvalue weighted by atomic mass is 31.2. The number of phosphoric acid groups is 1. The molecule has 0 spiro atoms. The summed E-state index contributed by atoms with van der Waals surface area (Å²) < 4.78 is 15.6. The highest BCUT2D eigenvalue weighted by Crippen LogP contribution is 2.37. The van der Waals surface area contributed by atoms with Crippen molar-refractivity contribution in [2.24, 2.45) is 15.0 Å². The normalized spacial score (nSPS) is 14.7. The van der Waals surface area contributed by atoms with Crippen molar-refractivity contribution in [3.05, 3.63) is 90.3 Å². The first-order valence-corrected chi connectivity index (χ1v) is 13.3. The number of hydrogen-bond donors (Lipinski definition) is 4. The van der Waals surface area contributed by atoms with Crippen LogP contribution in [0.15, 0.2) is 94.1 Å². The average molecular weight is 524 g/mol. The molecule has 4 N–H and O–H groups in total. The van der Waals surface area contributed by atoms with Crippen LogP contribution >= 0.6 is 7.82 Å². The lowest BCUT2D eigenvalue weighted by Crippen LogP contribution is -2.35. The van der Waals surface area contributed by atoms with Crippen molar-refractivity contribution in [2.45, 2.75) is 25.7 Å². The Hall–Kier alpha value is -3.85. The fraction of sp³-hybridized carbons (Fsp3) is 0.231. The Morgan fingerprint density at radius 1 is 1.14 bits per heavy atom. The van der Waals surface area contributed by atoms with Crippen LogP contribution in [0, 0.1) is 0 Å². The summed E-state index contributed by atoms with van der Waals surface area (Å²) in [5.74, 6) is 0.762. The van der Waals surface area contributed by atoms with E-state index < -0.39 is 7.82 Å². The molecule has 0 bridgehead atoms. The van der Waals surface area contributed by atoms with Gasteiger partial charge >= 0.3 is 13.9 Å². The first-order valence-electron chi connectivity index (χ1n) is 11.7. The minimum absolute atomic E-state index is 0.0317. The molecular formula is C26H30N5O5P. The number of hydrogen-bond acceptors (Lipinski definition) is 5. The molecular weight excluding hydrogens is 493 g/mol. The van der Waals surface area contributed by atoms with Gasteiger partial charge in [-0.1, -0.05) is 36.4 Å². The molecule has 3 rings (SSSR count). The molecule has 0 saturated carbocycles. The number of unbranched alkanes of at least 4 members (excludes halogenated alkanes) is 1. The molecule has 0 aromatic heterocycles. The molecule has 2 amide bonds. The van der Waals surface area contributed by atoms with Gasteiger partial charge in [-0.2, -0.15) is 0 Å². The van der Waals surface area contributed by atoms with Gasteiger partial charge in [0.15, 0.2) is 5.84 Å². The van der Waals surface area contributed by atoms with Crippen molar-refractivity contribution in [3.8, 4) is 5.75 Å². The Balaban J connectivity index is 1.57. The third kappa shape index (κ3) is 10.3. The maximum Gasteiger partial charge on any atom is 0.524 e. The molecule has 11 heteroatoms. The minimum atomic E-state index is -4.63. The molecule has 0 fully saturated rings. The quantitative estimate of drug-likeness (QED) is 0.187. The summed E-state index contributed by atoms with van der Waals surface area (Å²) in [6.07, 6.45) is 8.29. The number of carbonyl (C=O) groups is 1. The fourth-order valence-electron chi connectivity index (χ4n) is 3.36. The lowest BCUT2D eigenvalue weighted by molar-refractivity contribution is 0.243. The number of allylic oxidation sites excluding steroid dienone is 2. The number of rotatable bonds is 12. The number of aliphatic imine (C=N–C) groups is 3. The van der Waals surface area contributed by atoms with Crippen molar-refractivity contribution in [3.63, 3.8) is 0 Å². The Morgan fingerprint density at radius 3 is 2.59 bits per heavy atom. The van der Waals surface area contributed by atoms with Crippen molar-refractivity contribution < 1.29 is 23.7 Å². The number of nitrogens with one attached hydrogen (secondary N) is 2. The SMILES string of the molecule is C=CC/C=C(\N=C1CN=CC(c2ccc(OP(=O)(O)O)cc2)=N1)NC(=O)NCCCCc1ccccc1. The number of amides is 2. The van der Waals surface area contributed by atoms with Crippen LogP contribution in [0.5, 0.6) is 5.75 Å². The molecule has 2 aromatic carbocycles. The molecule has 2 aromatic rings. The zero-order valence-corrected chi connectivity index (χ0v) is 21.2. The van der Waals surface area contributed by atoms with Crippen LogP contribution < -0.4 is 15.2 Å². The number of carbonyl (C=O) groups excluding carboxylic acids is 1. The van der Waals surface area contributed by atoms with Gasteiger partial charge in [0.05, 0.1) is 12.3 Å². The molecule has 194 valence electrons. The van der Waals surface area contributed by atoms with E-state index in [0.717, 1.165) is 19.3 Å². The van der Waals surface area contributed by atoms with Crippen LogP contribution in [0.2, 0.25) is 0 Å². The summed E-state index contributed by atoms with van der Waals surface area (Å²) in [6, 6.07) is 15.9. The van der Waals surface area contributed by atoms with Gasteiger partial charge in [-0.05, 0) is 61.6 Å². The van der Waals surface area contributed by atoms with Gasteiger partial charge in [0.25, 0.3) is 0 Å². The summed E-state index contributed by atoms with van der Waals surface area (Å²) in [5.41, 5.74) is 2.45. The maximum absolute atomic E-state index is 12.4. The Morgan fingerprint density at radius 2 is 1.89 bits per heavy atom. The van der Waals surface area contributed by atoms with Crippen LogP contribution in [0.3, 0.4) is 0 Å². The van der Waals surface area contributed by atoms with Gasteiger partial charge in [-0.25, -0.2) is 19.3 Å². The van der Waals surface area contributed by atoms with Crippen LogP contribution in [-0.2, 0) is 11.0 Å². The topological polar surface area (TPSA) is 145 Å². The maximum atomic E-state index is 12.4.